The monoisotopic (exact) mass is 364 g/mol. The van der Waals surface area contributed by atoms with Gasteiger partial charge in [-0.25, -0.2) is 9.78 Å². The Labute approximate surface area is 150 Å². The Balaban J connectivity index is 2.60. The molecule has 0 fully saturated rings. The van der Waals surface area contributed by atoms with Gasteiger partial charge in [0.1, 0.15) is 5.65 Å². The van der Waals surface area contributed by atoms with Crippen LogP contribution in [0.1, 0.15) is 26.3 Å². The molecule has 2 aromatic rings. The molecule has 0 saturated heterocycles. The normalized spacial score (nSPS) is 11.1. The number of pyridine rings is 1. The van der Waals surface area contributed by atoms with Gasteiger partial charge in [0.15, 0.2) is 0 Å². The number of rotatable bonds is 6. The fourth-order valence-electron chi connectivity index (χ4n) is 2.76. The van der Waals surface area contributed by atoms with Crippen LogP contribution in [0.4, 0.5) is 0 Å². The topological polar surface area (TPSA) is 77.2 Å². The van der Waals surface area contributed by atoms with Gasteiger partial charge in [0.25, 0.3) is 5.56 Å². The number of hydrogen-bond acceptors (Lipinski definition) is 5. The number of nitrogens with zero attached hydrogens (tertiary/aromatic N) is 4. The van der Waals surface area contributed by atoms with Gasteiger partial charge in [0.05, 0.1) is 11.1 Å². The predicted octanol–water partition coefficient (Wildman–Crippen LogP) is 1.16. The van der Waals surface area contributed by atoms with Crippen molar-refractivity contribution >= 4 is 28.7 Å². The van der Waals surface area contributed by atoms with Crippen LogP contribution >= 0.6 is 11.8 Å². The van der Waals surface area contributed by atoms with Crippen molar-refractivity contribution in [2.24, 2.45) is 14.1 Å². The third kappa shape index (κ3) is 3.49. The van der Waals surface area contributed by atoms with Gasteiger partial charge in [-0.1, -0.05) is 6.92 Å². The summed E-state index contributed by atoms with van der Waals surface area (Å²) in [6.45, 7) is 7.17. The molecule has 0 spiro atoms. The maximum Gasteiger partial charge on any atom is 0.332 e. The third-order valence-electron chi connectivity index (χ3n) is 4.33. The summed E-state index contributed by atoms with van der Waals surface area (Å²) in [5.74, 6) is 0.281. The smallest absolute Gasteiger partial charge is 0.332 e. The van der Waals surface area contributed by atoms with Crippen molar-refractivity contribution in [3.8, 4) is 0 Å². The maximum atomic E-state index is 12.7. The number of aromatic nitrogens is 3. The number of fused-ring (bicyclic) bond motifs is 1. The maximum absolute atomic E-state index is 12.7. The van der Waals surface area contributed by atoms with Crippen LogP contribution in [0.15, 0.2) is 20.7 Å². The van der Waals surface area contributed by atoms with E-state index in [0.29, 0.717) is 30.5 Å². The molecular weight excluding hydrogens is 340 g/mol. The molecule has 0 radical (unpaired) electrons. The average molecular weight is 364 g/mol. The Bertz CT molecular complexity index is 913. The second kappa shape index (κ2) is 7.86. The van der Waals surface area contributed by atoms with E-state index in [0.717, 1.165) is 15.0 Å². The van der Waals surface area contributed by atoms with E-state index in [9.17, 15) is 14.4 Å². The summed E-state index contributed by atoms with van der Waals surface area (Å²) >= 11 is 1.35. The molecule has 8 heteroatoms. The van der Waals surface area contributed by atoms with Gasteiger partial charge < -0.3 is 4.90 Å². The van der Waals surface area contributed by atoms with Crippen LogP contribution in [0.25, 0.3) is 11.0 Å². The Hall–Kier alpha value is -2.09. The van der Waals surface area contributed by atoms with Crippen LogP contribution in [-0.2, 0) is 25.3 Å². The summed E-state index contributed by atoms with van der Waals surface area (Å²) < 4.78 is 2.45. The number of amides is 1. The first kappa shape index (κ1) is 19.2. The van der Waals surface area contributed by atoms with Gasteiger partial charge in [0, 0.05) is 38.3 Å². The largest absolute Gasteiger partial charge is 0.343 e. The van der Waals surface area contributed by atoms with E-state index < -0.39 is 5.69 Å². The van der Waals surface area contributed by atoms with Gasteiger partial charge in [-0.15, -0.1) is 11.8 Å². The Morgan fingerprint density at radius 1 is 1.16 bits per heavy atom. The molecule has 2 heterocycles. The highest BCUT2D eigenvalue weighted by Crippen LogP contribution is 2.28. The van der Waals surface area contributed by atoms with E-state index in [1.807, 2.05) is 20.8 Å². The van der Waals surface area contributed by atoms with Gasteiger partial charge in [-0.05, 0) is 25.8 Å². The lowest BCUT2D eigenvalue weighted by Gasteiger charge is -2.19. The number of hydrogen-bond donors (Lipinski definition) is 0. The minimum atomic E-state index is -0.413. The SMILES string of the molecule is CCc1cnc2c(c1SCC(=O)N(CC)CC)c(=O)n(C)c(=O)n2C. The summed E-state index contributed by atoms with van der Waals surface area (Å²) in [4.78, 5) is 44.0. The Kier molecular flexibility index (Phi) is 6.05. The lowest BCUT2D eigenvalue weighted by Crippen LogP contribution is -2.37. The van der Waals surface area contributed by atoms with Crippen molar-refractivity contribution in [1.29, 1.82) is 0 Å². The standard InChI is InChI=1S/C17H24N4O3S/c1-6-11-9-18-15-13(16(23)20(5)17(24)19(15)4)14(11)25-10-12(22)21(7-2)8-3/h9H,6-8,10H2,1-5H3. The minimum Gasteiger partial charge on any atom is -0.343 e. The van der Waals surface area contributed by atoms with Crippen molar-refractivity contribution in [2.45, 2.75) is 32.1 Å². The van der Waals surface area contributed by atoms with Crippen LogP contribution in [0.2, 0.25) is 0 Å². The van der Waals surface area contributed by atoms with Gasteiger partial charge in [0.2, 0.25) is 5.91 Å². The molecule has 25 heavy (non-hydrogen) atoms. The number of carbonyl (C=O) groups excluding carboxylic acids is 1. The molecule has 2 rings (SSSR count). The Morgan fingerprint density at radius 2 is 1.80 bits per heavy atom. The van der Waals surface area contributed by atoms with Gasteiger partial charge in [-0.2, -0.15) is 0 Å². The first-order chi connectivity index (χ1) is 11.9. The first-order valence-corrected chi connectivity index (χ1v) is 9.33. The Morgan fingerprint density at radius 3 is 2.36 bits per heavy atom. The predicted molar refractivity (Wildman–Crippen MR) is 100 cm³/mol. The average Bonchev–Trinajstić information content (AvgIpc) is 2.62. The van der Waals surface area contributed by atoms with Crippen molar-refractivity contribution in [2.75, 3.05) is 18.8 Å². The highest BCUT2D eigenvalue weighted by atomic mass is 32.2. The minimum absolute atomic E-state index is 0.0312. The van der Waals surface area contributed by atoms with Crippen LogP contribution in [-0.4, -0.2) is 43.8 Å². The summed E-state index contributed by atoms with van der Waals surface area (Å²) in [7, 11) is 3.05. The zero-order valence-electron chi connectivity index (χ0n) is 15.3. The lowest BCUT2D eigenvalue weighted by atomic mass is 10.2. The van der Waals surface area contributed by atoms with E-state index in [-0.39, 0.29) is 17.2 Å². The van der Waals surface area contributed by atoms with E-state index in [1.165, 1.54) is 23.4 Å². The molecule has 0 atom stereocenters. The summed E-state index contributed by atoms with van der Waals surface area (Å²) in [5.41, 5.74) is 0.465. The highest BCUT2D eigenvalue weighted by molar-refractivity contribution is 8.00. The molecule has 0 aromatic carbocycles. The second-order valence-corrected chi connectivity index (χ2v) is 6.71. The molecule has 2 aromatic heterocycles. The van der Waals surface area contributed by atoms with Crippen LogP contribution in [0.3, 0.4) is 0 Å². The van der Waals surface area contributed by atoms with E-state index in [1.54, 1.807) is 18.1 Å². The highest BCUT2D eigenvalue weighted by Gasteiger charge is 2.19. The summed E-state index contributed by atoms with van der Waals surface area (Å²) in [6, 6.07) is 0. The fourth-order valence-corrected chi connectivity index (χ4v) is 3.92. The van der Waals surface area contributed by atoms with E-state index in [4.69, 9.17) is 0 Å². The number of carbonyl (C=O) groups is 1. The quantitative estimate of drug-likeness (QED) is 0.719. The summed E-state index contributed by atoms with van der Waals surface area (Å²) in [5, 5.41) is 0.404. The van der Waals surface area contributed by atoms with Gasteiger partial charge >= 0.3 is 5.69 Å². The second-order valence-electron chi connectivity index (χ2n) is 5.73. The van der Waals surface area contributed by atoms with Crippen LogP contribution in [0.5, 0.6) is 0 Å². The zero-order chi connectivity index (χ0) is 18.7. The molecule has 0 N–H and O–H groups in total. The van der Waals surface area contributed by atoms with Gasteiger partial charge in [-0.3, -0.25) is 18.7 Å². The molecule has 0 aliphatic heterocycles. The molecule has 136 valence electrons. The van der Waals surface area contributed by atoms with Crippen molar-refractivity contribution in [3.05, 3.63) is 32.6 Å². The molecule has 0 aliphatic carbocycles. The van der Waals surface area contributed by atoms with Crippen molar-refractivity contribution in [1.82, 2.24) is 19.0 Å². The van der Waals surface area contributed by atoms with E-state index in [2.05, 4.69) is 4.98 Å². The van der Waals surface area contributed by atoms with E-state index >= 15 is 0 Å². The first-order valence-electron chi connectivity index (χ1n) is 8.35. The molecule has 7 nitrogen and oxygen atoms in total. The fraction of sp³-hybridized carbons (Fsp3) is 0.529. The molecule has 0 aliphatic rings. The molecule has 0 saturated carbocycles. The van der Waals surface area contributed by atoms with Crippen LogP contribution < -0.4 is 11.2 Å². The van der Waals surface area contributed by atoms with Crippen molar-refractivity contribution in [3.63, 3.8) is 0 Å². The number of thioether (sulfide) groups is 1. The summed E-state index contributed by atoms with van der Waals surface area (Å²) in [6.07, 6.45) is 2.38. The molecule has 1 amide bonds. The van der Waals surface area contributed by atoms with Crippen LogP contribution in [0, 0.1) is 0 Å². The number of aryl methyl sites for hydroxylation is 2. The lowest BCUT2D eigenvalue weighted by molar-refractivity contribution is -0.127. The molecule has 0 bridgehead atoms. The zero-order valence-corrected chi connectivity index (χ0v) is 16.1. The molecular formula is C17H24N4O3S. The third-order valence-corrected chi connectivity index (χ3v) is 5.48. The molecule has 0 unspecified atom stereocenters. The van der Waals surface area contributed by atoms with Crippen molar-refractivity contribution < 1.29 is 4.79 Å².